The first-order chi connectivity index (χ1) is 15.7. The molecule has 0 aliphatic heterocycles. The van der Waals surface area contributed by atoms with Gasteiger partial charge in [-0.05, 0) is 51.9 Å². The van der Waals surface area contributed by atoms with Crippen LogP contribution in [0.4, 0.5) is 0 Å². The van der Waals surface area contributed by atoms with Gasteiger partial charge in [-0.3, -0.25) is 9.59 Å². The molecule has 6 heteroatoms. The number of fused-ring (bicyclic) bond motifs is 2. The van der Waals surface area contributed by atoms with Gasteiger partial charge in [-0.2, -0.15) is 5.10 Å². The van der Waals surface area contributed by atoms with Crippen LogP contribution in [0.15, 0.2) is 84.0 Å². The van der Waals surface area contributed by atoms with Crippen LogP contribution in [-0.4, -0.2) is 31.7 Å². The zero-order chi connectivity index (χ0) is 22.3. The van der Waals surface area contributed by atoms with E-state index in [2.05, 4.69) is 34.0 Å². The largest absolute Gasteiger partial charge is 0.497 e. The first kappa shape index (κ1) is 21.1. The Bertz CT molecular complexity index is 1240. The highest BCUT2D eigenvalue weighted by Crippen LogP contribution is 2.27. The number of hydrogen-bond donors (Lipinski definition) is 2. The third kappa shape index (κ3) is 4.75. The maximum atomic E-state index is 12.2. The van der Waals surface area contributed by atoms with Crippen molar-refractivity contribution in [2.75, 3.05) is 13.7 Å². The Kier molecular flexibility index (Phi) is 6.41. The Labute approximate surface area is 185 Å². The molecule has 4 aromatic rings. The van der Waals surface area contributed by atoms with E-state index in [0.717, 1.165) is 27.1 Å². The zero-order valence-corrected chi connectivity index (χ0v) is 17.7. The molecule has 4 aromatic carbocycles. The van der Waals surface area contributed by atoms with Crippen LogP contribution in [0, 0.1) is 0 Å². The van der Waals surface area contributed by atoms with Crippen LogP contribution in [0.25, 0.3) is 21.5 Å². The fraction of sp³-hybridized carbons (Fsp3) is 0.115. The first-order valence-electron chi connectivity index (χ1n) is 10.3. The summed E-state index contributed by atoms with van der Waals surface area (Å²) in [6, 6.07) is 25.1. The zero-order valence-electron chi connectivity index (χ0n) is 17.7. The van der Waals surface area contributed by atoms with Crippen LogP contribution >= 0.6 is 0 Å². The number of carbonyl (C=O) groups is 2. The molecule has 0 radical (unpaired) electrons. The lowest BCUT2D eigenvalue weighted by atomic mass is 9.97. The summed E-state index contributed by atoms with van der Waals surface area (Å²) in [5.74, 6) is 0.157. The Balaban J connectivity index is 1.37. The number of rotatable bonds is 7. The molecule has 32 heavy (non-hydrogen) atoms. The predicted octanol–water partition coefficient (Wildman–Crippen LogP) is 4.27. The summed E-state index contributed by atoms with van der Waals surface area (Å²) < 4.78 is 5.08. The second-order valence-corrected chi connectivity index (χ2v) is 7.26. The number of amides is 2. The van der Waals surface area contributed by atoms with Gasteiger partial charge in [0.1, 0.15) is 5.75 Å². The average molecular weight is 425 g/mol. The van der Waals surface area contributed by atoms with Crippen LogP contribution in [0.1, 0.15) is 22.3 Å². The second kappa shape index (κ2) is 9.75. The summed E-state index contributed by atoms with van der Waals surface area (Å²) in [6.45, 7) is 0.212. The standard InChI is InChI=1S/C26H23N3O3/c1-32-21-12-10-18(11-13-21)26(31)27-15-14-25(30)29-28-17-24-22-8-4-2-6-19(22)16-20-7-3-5-9-23(20)24/h2-13,16-17H,14-15H2,1H3,(H,27,31)(H,29,30). The minimum Gasteiger partial charge on any atom is -0.497 e. The van der Waals surface area contributed by atoms with Gasteiger partial charge < -0.3 is 10.1 Å². The maximum Gasteiger partial charge on any atom is 0.251 e. The molecule has 2 N–H and O–H groups in total. The van der Waals surface area contributed by atoms with Crippen LogP contribution in [0.3, 0.4) is 0 Å². The third-order valence-corrected chi connectivity index (χ3v) is 5.19. The lowest BCUT2D eigenvalue weighted by Gasteiger charge is -2.08. The fourth-order valence-corrected chi connectivity index (χ4v) is 3.55. The minimum absolute atomic E-state index is 0.121. The van der Waals surface area contributed by atoms with E-state index in [1.54, 1.807) is 37.6 Å². The first-order valence-corrected chi connectivity index (χ1v) is 10.3. The molecule has 0 aliphatic rings. The van der Waals surface area contributed by atoms with Crippen molar-refractivity contribution >= 4 is 39.6 Å². The number of nitrogens with one attached hydrogen (secondary N) is 2. The summed E-state index contributed by atoms with van der Waals surface area (Å²) in [5.41, 5.74) is 4.01. The van der Waals surface area contributed by atoms with Crippen LogP contribution in [0.5, 0.6) is 5.75 Å². The highest BCUT2D eigenvalue weighted by atomic mass is 16.5. The lowest BCUT2D eigenvalue weighted by molar-refractivity contribution is -0.120. The number of ether oxygens (including phenoxy) is 1. The minimum atomic E-state index is -0.277. The molecule has 2 amide bonds. The molecule has 6 nitrogen and oxygen atoms in total. The van der Waals surface area contributed by atoms with E-state index in [1.165, 1.54) is 0 Å². The lowest BCUT2D eigenvalue weighted by Crippen LogP contribution is -2.29. The molecule has 0 bridgehead atoms. The van der Waals surface area contributed by atoms with Crippen molar-refractivity contribution in [3.05, 3.63) is 90.0 Å². The predicted molar refractivity (Wildman–Crippen MR) is 127 cm³/mol. The molecule has 4 rings (SSSR count). The van der Waals surface area contributed by atoms with E-state index in [-0.39, 0.29) is 24.8 Å². The fourth-order valence-electron chi connectivity index (χ4n) is 3.55. The molecule has 160 valence electrons. The van der Waals surface area contributed by atoms with Crippen molar-refractivity contribution in [3.8, 4) is 5.75 Å². The van der Waals surface area contributed by atoms with Crippen molar-refractivity contribution in [2.24, 2.45) is 5.10 Å². The molecule has 0 heterocycles. The molecule has 0 spiro atoms. The quantitative estimate of drug-likeness (QED) is 0.264. The molecule has 0 atom stereocenters. The summed E-state index contributed by atoms with van der Waals surface area (Å²) >= 11 is 0. The SMILES string of the molecule is COc1ccc(C(=O)NCCC(=O)NN=Cc2c3ccccc3cc3ccccc23)cc1. The van der Waals surface area contributed by atoms with Gasteiger partial charge in [0, 0.05) is 24.1 Å². The molecule has 0 aliphatic carbocycles. The molecular formula is C26H23N3O3. The van der Waals surface area contributed by atoms with Gasteiger partial charge >= 0.3 is 0 Å². The number of nitrogens with zero attached hydrogens (tertiary/aromatic N) is 1. The molecule has 0 saturated carbocycles. The van der Waals surface area contributed by atoms with Crippen LogP contribution in [0.2, 0.25) is 0 Å². The molecule has 0 aromatic heterocycles. The van der Waals surface area contributed by atoms with Gasteiger partial charge in [0.05, 0.1) is 13.3 Å². The van der Waals surface area contributed by atoms with E-state index < -0.39 is 0 Å². The Morgan fingerprint density at radius 2 is 1.53 bits per heavy atom. The third-order valence-electron chi connectivity index (χ3n) is 5.19. The Morgan fingerprint density at radius 1 is 0.906 bits per heavy atom. The normalized spacial score (nSPS) is 11.0. The van der Waals surface area contributed by atoms with Gasteiger partial charge in [0.25, 0.3) is 5.91 Å². The monoisotopic (exact) mass is 425 g/mol. The van der Waals surface area contributed by atoms with E-state index >= 15 is 0 Å². The van der Waals surface area contributed by atoms with Gasteiger partial charge in [0.2, 0.25) is 5.91 Å². The average Bonchev–Trinajstić information content (AvgIpc) is 2.83. The van der Waals surface area contributed by atoms with E-state index in [1.807, 2.05) is 36.4 Å². The van der Waals surface area contributed by atoms with E-state index in [0.29, 0.717) is 11.3 Å². The summed E-state index contributed by atoms with van der Waals surface area (Å²) in [4.78, 5) is 24.3. The summed E-state index contributed by atoms with van der Waals surface area (Å²) in [7, 11) is 1.57. The highest BCUT2D eigenvalue weighted by molar-refractivity contribution is 6.13. The van der Waals surface area contributed by atoms with Crippen molar-refractivity contribution in [3.63, 3.8) is 0 Å². The number of carbonyl (C=O) groups excluding carboxylic acids is 2. The van der Waals surface area contributed by atoms with Gasteiger partial charge in [-0.15, -0.1) is 0 Å². The number of benzene rings is 4. The van der Waals surface area contributed by atoms with Crippen molar-refractivity contribution in [1.29, 1.82) is 0 Å². The molecule has 0 unspecified atom stereocenters. The highest BCUT2D eigenvalue weighted by Gasteiger charge is 2.08. The summed E-state index contributed by atoms with van der Waals surface area (Å²) in [6.07, 6.45) is 1.80. The molecule has 0 saturated heterocycles. The second-order valence-electron chi connectivity index (χ2n) is 7.26. The molecule has 0 fully saturated rings. The smallest absolute Gasteiger partial charge is 0.251 e. The number of hydrazone groups is 1. The topological polar surface area (TPSA) is 79.8 Å². The Hall–Kier alpha value is -4.19. The maximum absolute atomic E-state index is 12.2. The van der Waals surface area contributed by atoms with E-state index in [9.17, 15) is 9.59 Å². The Morgan fingerprint density at radius 3 is 2.16 bits per heavy atom. The van der Waals surface area contributed by atoms with Gasteiger partial charge in [-0.1, -0.05) is 48.5 Å². The number of methoxy groups -OCH3 is 1. The van der Waals surface area contributed by atoms with Crippen molar-refractivity contribution in [1.82, 2.24) is 10.7 Å². The van der Waals surface area contributed by atoms with Crippen molar-refractivity contribution < 1.29 is 14.3 Å². The molecular weight excluding hydrogens is 402 g/mol. The summed E-state index contributed by atoms with van der Waals surface area (Å²) in [5, 5.41) is 11.3. The van der Waals surface area contributed by atoms with Gasteiger partial charge in [0.15, 0.2) is 0 Å². The van der Waals surface area contributed by atoms with E-state index in [4.69, 9.17) is 4.74 Å². The van der Waals surface area contributed by atoms with Gasteiger partial charge in [-0.25, -0.2) is 5.43 Å². The number of hydrogen-bond acceptors (Lipinski definition) is 4. The van der Waals surface area contributed by atoms with Crippen LogP contribution < -0.4 is 15.5 Å². The van der Waals surface area contributed by atoms with Crippen LogP contribution in [-0.2, 0) is 4.79 Å². The van der Waals surface area contributed by atoms with Crippen molar-refractivity contribution in [2.45, 2.75) is 6.42 Å².